The Morgan fingerprint density at radius 1 is 1.52 bits per heavy atom. The van der Waals surface area contributed by atoms with Crippen molar-refractivity contribution in [3.63, 3.8) is 0 Å². The highest BCUT2D eigenvalue weighted by molar-refractivity contribution is 9.10. The molecular weight excluding hydrogens is 334 g/mol. The highest BCUT2D eigenvalue weighted by Gasteiger charge is 2.54. The Kier molecular flexibility index (Phi) is 2.82. The molecule has 1 spiro atoms. The van der Waals surface area contributed by atoms with Crippen molar-refractivity contribution in [2.45, 2.75) is 30.5 Å². The van der Waals surface area contributed by atoms with Crippen molar-refractivity contribution in [2.75, 3.05) is 25.6 Å². The van der Waals surface area contributed by atoms with E-state index in [0.717, 1.165) is 28.9 Å². The zero-order valence-corrected chi connectivity index (χ0v) is 13.7. The number of ether oxygens (including phenoxy) is 2. The molecule has 0 saturated carbocycles. The first-order valence-electron chi connectivity index (χ1n) is 7.23. The third kappa shape index (κ3) is 1.64. The number of methoxy groups -OCH3 is 1. The molecule has 1 N–H and O–H groups in total. The number of nitrogens with zero attached hydrogens (tertiary/aromatic N) is 1. The lowest BCUT2D eigenvalue weighted by molar-refractivity contribution is 0.0846. The molecule has 0 bridgehead atoms. The van der Waals surface area contributed by atoms with Crippen LogP contribution in [0.25, 0.3) is 0 Å². The van der Waals surface area contributed by atoms with Gasteiger partial charge in [-0.3, -0.25) is 0 Å². The highest BCUT2D eigenvalue weighted by Crippen LogP contribution is 2.60. The van der Waals surface area contributed by atoms with E-state index in [2.05, 4.69) is 34.0 Å². The van der Waals surface area contributed by atoms with Crippen molar-refractivity contribution in [1.29, 1.82) is 0 Å². The second kappa shape index (κ2) is 4.40. The summed E-state index contributed by atoms with van der Waals surface area (Å²) in [7, 11) is 3.77. The Labute approximate surface area is 132 Å². The molecule has 5 heteroatoms. The van der Waals surface area contributed by atoms with Crippen LogP contribution in [0.4, 0.5) is 5.69 Å². The summed E-state index contributed by atoms with van der Waals surface area (Å²) < 4.78 is 12.8. The molecule has 0 amide bonds. The lowest BCUT2D eigenvalue weighted by atomic mass is 9.67. The molecular formula is C16H18BrNO3. The minimum Gasteiger partial charge on any atom is -0.493 e. The Bertz CT molecular complexity index is 645. The smallest absolute Gasteiger partial charge is 0.168 e. The number of hydrogen-bond donors (Lipinski definition) is 1. The predicted molar refractivity (Wildman–Crippen MR) is 84.4 cm³/mol. The van der Waals surface area contributed by atoms with Crippen molar-refractivity contribution >= 4 is 21.6 Å². The third-order valence-corrected chi connectivity index (χ3v) is 5.61. The minimum absolute atomic E-state index is 0.0110. The van der Waals surface area contributed by atoms with Gasteiger partial charge in [0.25, 0.3) is 0 Å². The summed E-state index contributed by atoms with van der Waals surface area (Å²) >= 11 is 3.68. The molecule has 4 rings (SSSR count). The molecule has 112 valence electrons. The number of anilines is 1. The van der Waals surface area contributed by atoms with E-state index in [1.54, 1.807) is 7.11 Å². The Morgan fingerprint density at radius 3 is 3.10 bits per heavy atom. The normalized spacial score (nSPS) is 32.5. The molecule has 2 heterocycles. The van der Waals surface area contributed by atoms with Gasteiger partial charge in [0.1, 0.15) is 6.10 Å². The third-order valence-electron chi connectivity index (χ3n) is 5.01. The van der Waals surface area contributed by atoms with Gasteiger partial charge < -0.3 is 19.5 Å². The molecule has 4 nitrogen and oxygen atoms in total. The first kappa shape index (κ1) is 13.5. The van der Waals surface area contributed by atoms with Crippen molar-refractivity contribution in [3.8, 4) is 11.5 Å². The van der Waals surface area contributed by atoms with Crippen molar-refractivity contribution < 1.29 is 14.6 Å². The molecule has 0 fully saturated rings. The van der Waals surface area contributed by atoms with E-state index < -0.39 is 6.10 Å². The van der Waals surface area contributed by atoms with E-state index in [1.807, 2.05) is 12.1 Å². The van der Waals surface area contributed by atoms with Crippen molar-refractivity contribution in [3.05, 3.63) is 28.3 Å². The zero-order chi connectivity index (χ0) is 14.8. The fourth-order valence-corrected chi connectivity index (χ4v) is 4.65. The molecule has 0 unspecified atom stereocenters. The van der Waals surface area contributed by atoms with Gasteiger partial charge >= 0.3 is 0 Å². The Balaban J connectivity index is 2.02. The zero-order valence-electron chi connectivity index (χ0n) is 12.1. The van der Waals surface area contributed by atoms with E-state index in [-0.39, 0.29) is 11.5 Å². The average Bonchev–Trinajstić information content (AvgIpc) is 2.79. The molecule has 3 atom stereocenters. The predicted octanol–water partition coefficient (Wildman–Crippen LogP) is 2.62. The lowest BCUT2D eigenvalue weighted by Crippen LogP contribution is -2.46. The first-order chi connectivity index (χ1) is 10.1. The first-order valence-corrected chi connectivity index (χ1v) is 8.02. The van der Waals surface area contributed by atoms with Gasteiger partial charge in [-0.05, 0) is 22.4 Å². The summed E-state index contributed by atoms with van der Waals surface area (Å²) in [6, 6.07) is 1.97. The van der Waals surface area contributed by atoms with Crippen LogP contribution in [-0.4, -0.2) is 38.0 Å². The van der Waals surface area contributed by atoms with Gasteiger partial charge in [-0.25, -0.2) is 0 Å². The molecule has 1 aromatic carbocycles. The van der Waals surface area contributed by atoms with E-state index >= 15 is 0 Å². The maximum Gasteiger partial charge on any atom is 0.168 e. The molecule has 3 aliphatic rings. The molecule has 2 aliphatic heterocycles. The van der Waals surface area contributed by atoms with Crippen LogP contribution < -0.4 is 14.4 Å². The number of hydrogen-bond acceptors (Lipinski definition) is 4. The van der Waals surface area contributed by atoms with Gasteiger partial charge in [0.15, 0.2) is 11.5 Å². The van der Waals surface area contributed by atoms with Gasteiger partial charge in [-0.15, -0.1) is 0 Å². The van der Waals surface area contributed by atoms with Gasteiger partial charge in [-0.1, -0.05) is 12.2 Å². The highest BCUT2D eigenvalue weighted by atomic mass is 79.9. The summed E-state index contributed by atoms with van der Waals surface area (Å²) in [6.07, 6.45) is 5.26. The van der Waals surface area contributed by atoms with E-state index in [9.17, 15) is 5.11 Å². The maximum atomic E-state index is 9.95. The number of aliphatic hydroxyl groups excluding tert-OH is 1. The molecule has 1 aliphatic carbocycles. The average molecular weight is 352 g/mol. The van der Waals surface area contributed by atoms with Crippen LogP contribution in [0.2, 0.25) is 0 Å². The topological polar surface area (TPSA) is 41.9 Å². The number of halogens is 1. The number of rotatable bonds is 1. The fraction of sp³-hybridized carbons (Fsp3) is 0.500. The minimum atomic E-state index is -0.424. The van der Waals surface area contributed by atoms with Gasteiger partial charge in [-0.2, -0.15) is 0 Å². The van der Waals surface area contributed by atoms with Gasteiger partial charge in [0, 0.05) is 36.1 Å². The van der Waals surface area contributed by atoms with Gasteiger partial charge in [0.2, 0.25) is 0 Å². The Hall–Kier alpha value is -1.20. The van der Waals surface area contributed by atoms with Crippen LogP contribution in [-0.2, 0) is 5.41 Å². The second-order valence-corrected chi connectivity index (χ2v) is 6.95. The second-order valence-electron chi connectivity index (χ2n) is 6.09. The summed E-state index contributed by atoms with van der Waals surface area (Å²) in [4.78, 5) is 2.26. The fourth-order valence-electron chi connectivity index (χ4n) is 3.94. The van der Waals surface area contributed by atoms with E-state index in [1.165, 1.54) is 11.3 Å². The monoisotopic (exact) mass is 351 g/mol. The number of benzene rings is 1. The Morgan fingerprint density at radius 2 is 2.33 bits per heavy atom. The summed E-state index contributed by atoms with van der Waals surface area (Å²) in [6.45, 7) is 0.970. The van der Waals surface area contributed by atoms with Crippen LogP contribution in [0.3, 0.4) is 0 Å². The van der Waals surface area contributed by atoms with Crippen LogP contribution in [0, 0.1) is 0 Å². The van der Waals surface area contributed by atoms with Crippen LogP contribution >= 0.6 is 15.9 Å². The lowest BCUT2D eigenvalue weighted by Gasteiger charge is -2.42. The number of aliphatic hydroxyl groups is 1. The van der Waals surface area contributed by atoms with E-state index in [0.29, 0.717) is 6.42 Å². The van der Waals surface area contributed by atoms with Crippen LogP contribution in [0.1, 0.15) is 18.4 Å². The van der Waals surface area contributed by atoms with Crippen LogP contribution in [0.15, 0.2) is 22.7 Å². The largest absolute Gasteiger partial charge is 0.493 e. The molecule has 0 aromatic heterocycles. The molecule has 21 heavy (non-hydrogen) atoms. The summed E-state index contributed by atoms with van der Waals surface area (Å²) in [5.41, 5.74) is 2.25. The summed E-state index contributed by atoms with van der Waals surface area (Å²) in [5.74, 6) is 1.60. The molecule has 0 saturated heterocycles. The quantitative estimate of drug-likeness (QED) is 0.789. The van der Waals surface area contributed by atoms with Crippen molar-refractivity contribution in [1.82, 2.24) is 0 Å². The SMILES string of the molecule is COc1cc(Br)c2c3c1O[C@H]1C[C@@H](O)C=C[C@@]31CCN2C. The molecule has 0 radical (unpaired) electrons. The summed E-state index contributed by atoms with van der Waals surface area (Å²) in [5, 5.41) is 9.95. The van der Waals surface area contributed by atoms with Crippen molar-refractivity contribution in [2.24, 2.45) is 0 Å². The molecule has 1 aromatic rings. The van der Waals surface area contributed by atoms with E-state index in [4.69, 9.17) is 9.47 Å². The standard InChI is InChI=1S/C16H18BrNO3/c1-18-6-5-16-4-3-9(19)7-12(16)21-15-11(20-2)8-10(17)14(18)13(15)16/h3-4,8-9,12,19H,5-7H2,1-2H3/t9-,12-,16-/m0/s1. The van der Waals surface area contributed by atoms with Crippen LogP contribution in [0.5, 0.6) is 11.5 Å². The maximum absolute atomic E-state index is 9.95. The van der Waals surface area contributed by atoms with Gasteiger partial charge in [0.05, 0.1) is 24.3 Å².